The quantitative estimate of drug-likeness (QED) is 0.620. The molecule has 1 amide bonds. The second kappa shape index (κ2) is 6.13. The van der Waals surface area contributed by atoms with Crippen molar-refractivity contribution in [1.29, 1.82) is 0 Å². The minimum Gasteiger partial charge on any atom is -0.397 e. The number of nitrogen functional groups attached to an aromatic ring is 1. The van der Waals surface area contributed by atoms with E-state index in [0.717, 1.165) is 29.8 Å². The van der Waals surface area contributed by atoms with Crippen molar-refractivity contribution >= 4 is 23.0 Å². The number of aliphatic hydroxyl groups excluding tert-OH is 1. The van der Waals surface area contributed by atoms with E-state index in [1.807, 2.05) is 6.07 Å². The molecule has 2 rings (SSSR count). The highest BCUT2D eigenvalue weighted by Crippen LogP contribution is 2.31. The summed E-state index contributed by atoms with van der Waals surface area (Å²) in [5, 5.41) is 15.9. The second-order valence-corrected chi connectivity index (χ2v) is 5.81. The predicted octanol–water partition coefficient (Wildman–Crippen LogP) is 1.97. The molecule has 5 nitrogen and oxygen atoms in total. The van der Waals surface area contributed by atoms with Crippen LogP contribution in [0.1, 0.15) is 32.3 Å². The molecule has 1 heterocycles. The van der Waals surface area contributed by atoms with Gasteiger partial charge in [0.2, 0.25) is 5.91 Å². The Morgan fingerprint density at radius 2 is 2.15 bits per heavy atom. The van der Waals surface area contributed by atoms with E-state index in [1.165, 1.54) is 0 Å². The fourth-order valence-corrected chi connectivity index (χ4v) is 2.45. The first-order valence-electron chi connectivity index (χ1n) is 7.10. The summed E-state index contributed by atoms with van der Waals surface area (Å²) in [4.78, 5) is 11.3. The fourth-order valence-electron chi connectivity index (χ4n) is 2.45. The fraction of sp³-hybridized carbons (Fsp3) is 0.533. The number of amides is 1. The van der Waals surface area contributed by atoms with Crippen molar-refractivity contribution in [2.24, 2.45) is 5.92 Å². The normalized spacial score (nSPS) is 15.7. The summed E-state index contributed by atoms with van der Waals surface area (Å²) in [6.45, 7) is 4.64. The van der Waals surface area contributed by atoms with Crippen LogP contribution in [0.15, 0.2) is 12.1 Å². The summed E-state index contributed by atoms with van der Waals surface area (Å²) < 4.78 is 0. The van der Waals surface area contributed by atoms with Crippen molar-refractivity contribution < 1.29 is 9.90 Å². The maximum atomic E-state index is 11.3. The van der Waals surface area contributed by atoms with Crippen LogP contribution in [0.5, 0.6) is 0 Å². The minimum atomic E-state index is -0.384. The average Bonchev–Trinajstić information content (AvgIpc) is 2.35. The third-order valence-corrected chi connectivity index (χ3v) is 3.44. The Morgan fingerprint density at radius 1 is 1.40 bits per heavy atom. The molecule has 0 saturated carbocycles. The number of aliphatic hydroxyl groups is 1. The van der Waals surface area contributed by atoms with E-state index in [9.17, 15) is 9.90 Å². The second-order valence-electron chi connectivity index (χ2n) is 5.81. The highest BCUT2D eigenvalue weighted by Gasteiger charge is 2.17. The van der Waals surface area contributed by atoms with Crippen LogP contribution in [0.25, 0.3) is 0 Å². The lowest BCUT2D eigenvalue weighted by Crippen LogP contribution is -2.23. The van der Waals surface area contributed by atoms with E-state index in [0.29, 0.717) is 24.6 Å². The van der Waals surface area contributed by atoms with Crippen molar-refractivity contribution in [3.8, 4) is 0 Å². The van der Waals surface area contributed by atoms with Gasteiger partial charge >= 0.3 is 0 Å². The Bertz CT molecular complexity index is 500. The molecule has 1 aromatic carbocycles. The molecule has 5 N–H and O–H groups in total. The van der Waals surface area contributed by atoms with Crippen molar-refractivity contribution in [2.75, 3.05) is 22.9 Å². The summed E-state index contributed by atoms with van der Waals surface area (Å²) in [6, 6.07) is 3.75. The molecule has 0 radical (unpaired) electrons. The van der Waals surface area contributed by atoms with Gasteiger partial charge in [-0.1, -0.05) is 13.8 Å². The van der Waals surface area contributed by atoms with Gasteiger partial charge in [-0.2, -0.15) is 0 Å². The topological polar surface area (TPSA) is 87.4 Å². The van der Waals surface area contributed by atoms with Gasteiger partial charge < -0.3 is 21.5 Å². The first-order chi connectivity index (χ1) is 9.45. The van der Waals surface area contributed by atoms with Crippen molar-refractivity contribution in [1.82, 2.24) is 0 Å². The number of fused-ring (bicyclic) bond motifs is 1. The molecule has 1 aliphatic rings. The molecule has 20 heavy (non-hydrogen) atoms. The van der Waals surface area contributed by atoms with Gasteiger partial charge in [-0.25, -0.2) is 0 Å². The zero-order chi connectivity index (χ0) is 14.7. The molecule has 0 fully saturated rings. The molecule has 0 aliphatic carbocycles. The van der Waals surface area contributed by atoms with Gasteiger partial charge in [0, 0.05) is 18.7 Å². The van der Waals surface area contributed by atoms with E-state index >= 15 is 0 Å². The Labute approximate surface area is 119 Å². The van der Waals surface area contributed by atoms with Crippen molar-refractivity contribution in [3.63, 3.8) is 0 Å². The molecule has 0 spiro atoms. The van der Waals surface area contributed by atoms with E-state index < -0.39 is 0 Å². The highest BCUT2D eigenvalue weighted by molar-refractivity contribution is 5.95. The molecule has 5 heteroatoms. The number of carbonyl (C=O) groups is 1. The number of nitrogens with two attached hydrogens (primary N) is 1. The lowest BCUT2D eigenvalue weighted by Gasteiger charge is -2.21. The molecule has 1 aromatic rings. The van der Waals surface area contributed by atoms with Gasteiger partial charge in [0.15, 0.2) is 0 Å². The molecule has 110 valence electrons. The van der Waals surface area contributed by atoms with Gasteiger partial charge in [-0.3, -0.25) is 4.79 Å². The Hall–Kier alpha value is -1.75. The standard InChI is InChI=1S/C15H23N3O2/c1-9(2)5-11(19)8-17-14-6-10-3-4-15(20)18-13(10)7-12(14)16/h6-7,9,11,17,19H,3-5,8,16H2,1-2H3,(H,18,20). The maximum absolute atomic E-state index is 11.3. The Morgan fingerprint density at radius 3 is 2.85 bits per heavy atom. The molecule has 0 bridgehead atoms. The van der Waals surface area contributed by atoms with Gasteiger partial charge in [-0.05, 0) is 36.5 Å². The third-order valence-electron chi connectivity index (χ3n) is 3.44. The lowest BCUT2D eigenvalue weighted by atomic mass is 10.0. The van der Waals surface area contributed by atoms with Crippen LogP contribution in [-0.2, 0) is 11.2 Å². The molecule has 1 atom stereocenters. The molecule has 1 aliphatic heterocycles. The molecule has 1 unspecified atom stereocenters. The smallest absolute Gasteiger partial charge is 0.224 e. The van der Waals surface area contributed by atoms with E-state index in [1.54, 1.807) is 6.07 Å². The summed E-state index contributed by atoms with van der Waals surface area (Å²) in [7, 11) is 0. The van der Waals surface area contributed by atoms with Gasteiger partial charge in [-0.15, -0.1) is 0 Å². The number of aryl methyl sites for hydroxylation is 1. The van der Waals surface area contributed by atoms with Gasteiger partial charge in [0.25, 0.3) is 0 Å². The Balaban J connectivity index is 2.04. The maximum Gasteiger partial charge on any atom is 0.224 e. The Kier molecular flexibility index (Phi) is 4.49. The number of anilines is 3. The summed E-state index contributed by atoms with van der Waals surface area (Å²) in [5.41, 5.74) is 9.27. The van der Waals surface area contributed by atoms with Crippen LogP contribution >= 0.6 is 0 Å². The summed E-state index contributed by atoms with van der Waals surface area (Å²) in [6.07, 6.45) is 1.61. The largest absolute Gasteiger partial charge is 0.397 e. The molecular formula is C15H23N3O2. The number of hydrogen-bond acceptors (Lipinski definition) is 4. The number of nitrogens with one attached hydrogen (secondary N) is 2. The first kappa shape index (κ1) is 14.7. The van der Waals surface area contributed by atoms with Crippen LogP contribution in [-0.4, -0.2) is 23.7 Å². The van der Waals surface area contributed by atoms with Crippen molar-refractivity contribution in [3.05, 3.63) is 17.7 Å². The highest BCUT2D eigenvalue weighted by atomic mass is 16.3. The van der Waals surface area contributed by atoms with E-state index in [4.69, 9.17) is 5.73 Å². The van der Waals surface area contributed by atoms with Gasteiger partial charge in [0.05, 0.1) is 17.5 Å². The van der Waals surface area contributed by atoms with E-state index in [-0.39, 0.29) is 12.0 Å². The van der Waals surface area contributed by atoms with Gasteiger partial charge in [0.1, 0.15) is 0 Å². The molecular weight excluding hydrogens is 254 g/mol. The molecule has 0 aromatic heterocycles. The van der Waals surface area contributed by atoms with E-state index in [2.05, 4.69) is 24.5 Å². The van der Waals surface area contributed by atoms with Crippen LogP contribution in [0, 0.1) is 5.92 Å². The SMILES string of the molecule is CC(C)CC(O)CNc1cc2c(cc1N)NC(=O)CC2. The summed E-state index contributed by atoms with van der Waals surface area (Å²) >= 11 is 0. The van der Waals surface area contributed by atoms with Crippen molar-refractivity contribution in [2.45, 2.75) is 39.2 Å². The first-order valence-corrected chi connectivity index (χ1v) is 7.10. The van der Waals surface area contributed by atoms with Crippen LogP contribution in [0.4, 0.5) is 17.1 Å². The van der Waals surface area contributed by atoms with Crippen LogP contribution in [0.2, 0.25) is 0 Å². The monoisotopic (exact) mass is 277 g/mol. The zero-order valence-corrected chi connectivity index (χ0v) is 12.1. The average molecular weight is 277 g/mol. The van der Waals surface area contributed by atoms with Crippen LogP contribution in [0.3, 0.4) is 0 Å². The number of rotatable bonds is 5. The molecule has 0 saturated heterocycles. The number of benzene rings is 1. The summed E-state index contributed by atoms with van der Waals surface area (Å²) in [5.74, 6) is 0.493. The predicted molar refractivity (Wildman–Crippen MR) is 81.8 cm³/mol. The minimum absolute atomic E-state index is 0.0324. The zero-order valence-electron chi connectivity index (χ0n) is 12.1. The van der Waals surface area contributed by atoms with Crippen LogP contribution < -0.4 is 16.4 Å². The third kappa shape index (κ3) is 3.63. The number of hydrogen-bond donors (Lipinski definition) is 4. The number of carbonyl (C=O) groups excluding carboxylic acids is 1. The lowest BCUT2D eigenvalue weighted by molar-refractivity contribution is -0.116.